The minimum absolute atomic E-state index is 0.0333. The Morgan fingerprint density at radius 1 is 1.16 bits per heavy atom. The number of methoxy groups -OCH3 is 1. The number of fused-ring (bicyclic) bond motifs is 3. The molecule has 0 bridgehead atoms. The van der Waals surface area contributed by atoms with Crippen LogP contribution in [-0.2, 0) is 11.2 Å². The zero-order valence-corrected chi connectivity index (χ0v) is 22.1. The molecule has 1 aromatic heterocycles. The number of alkyl halides is 2. The molecule has 0 spiro atoms. The fourth-order valence-electron chi connectivity index (χ4n) is 6.49. The molecule has 10 heteroatoms. The second kappa shape index (κ2) is 8.61. The largest absolute Gasteiger partial charge is 0.481 e. The van der Waals surface area contributed by atoms with Crippen molar-refractivity contribution in [2.45, 2.75) is 29.1 Å². The molecule has 5 atom stereocenters. The molecule has 6 rings (SSSR count). The normalized spacial score (nSPS) is 31.8. The molecule has 2 fully saturated rings. The van der Waals surface area contributed by atoms with Crippen molar-refractivity contribution >= 4 is 27.5 Å². The van der Waals surface area contributed by atoms with Crippen LogP contribution >= 0.6 is 27.5 Å². The third-order valence-electron chi connectivity index (χ3n) is 7.84. The first-order valence-corrected chi connectivity index (χ1v) is 13.0. The number of pyridine rings is 1. The van der Waals surface area contributed by atoms with Gasteiger partial charge in [-0.05, 0) is 23.3 Å². The van der Waals surface area contributed by atoms with E-state index in [1.807, 2.05) is 54.6 Å². The maximum Gasteiger partial charge on any atom is 0.272 e. The first-order valence-electron chi connectivity index (χ1n) is 11.9. The highest BCUT2D eigenvalue weighted by Gasteiger charge is 2.77. The smallest absolute Gasteiger partial charge is 0.272 e. The Morgan fingerprint density at radius 3 is 2.46 bits per heavy atom. The first kappa shape index (κ1) is 25.0. The number of aromatic nitrogens is 1. The van der Waals surface area contributed by atoms with Crippen molar-refractivity contribution in [2.24, 2.45) is 5.92 Å². The number of likely N-dealkylation sites (tertiary alicyclic amines) is 1. The highest BCUT2D eigenvalue weighted by atomic mass is 79.9. The van der Waals surface area contributed by atoms with Gasteiger partial charge in [-0.3, -0.25) is 4.90 Å². The molecule has 0 unspecified atom stereocenters. The monoisotopic (exact) mass is 592 g/mol. The SMILES string of the molecule is COc1nc(Cl)cc2c1[C@]1(O)[C@H](O)[C@H](CN3CC(F)(F)C3)[C@@H](c3ccccc3)[C@]1(c1ccc(Br)cc1)O2. The van der Waals surface area contributed by atoms with Crippen molar-refractivity contribution in [2.75, 3.05) is 26.7 Å². The molecule has 3 heterocycles. The molecule has 2 aliphatic heterocycles. The first-order chi connectivity index (χ1) is 17.6. The Labute approximate surface area is 225 Å². The lowest BCUT2D eigenvalue weighted by Crippen LogP contribution is -2.58. The number of aliphatic hydroxyl groups is 2. The average Bonchev–Trinajstić information content (AvgIpc) is 3.21. The Morgan fingerprint density at radius 2 is 1.84 bits per heavy atom. The number of ether oxygens (including phenoxy) is 2. The number of aliphatic hydroxyl groups excluding tert-OH is 1. The molecular weight excluding hydrogens is 570 g/mol. The van der Waals surface area contributed by atoms with Gasteiger partial charge in [0.25, 0.3) is 5.92 Å². The Hall–Kier alpha value is -2.30. The van der Waals surface area contributed by atoms with Crippen LogP contribution in [0.25, 0.3) is 0 Å². The van der Waals surface area contributed by atoms with Gasteiger partial charge in [-0.25, -0.2) is 13.8 Å². The van der Waals surface area contributed by atoms with Gasteiger partial charge in [0, 0.05) is 28.9 Å². The van der Waals surface area contributed by atoms with Crippen LogP contribution in [0.2, 0.25) is 5.15 Å². The van der Waals surface area contributed by atoms with Crippen molar-refractivity contribution in [1.29, 1.82) is 0 Å². The molecule has 1 saturated carbocycles. The lowest BCUT2D eigenvalue weighted by atomic mass is 9.71. The number of hydrogen-bond acceptors (Lipinski definition) is 6. The quantitative estimate of drug-likeness (QED) is 0.418. The fraction of sp³-hybridized carbons (Fsp3) is 0.370. The van der Waals surface area contributed by atoms with Gasteiger partial charge in [0.05, 0.1) is 31.9 Å². The molecular formula is C27H24BrClF2N2O4. The minimum atomic E-state index is -2.77. The summed E-state index contributed by atoms with van der Waals surface area (Å²) < 4.78 is 40.6. The van der Waals surface area contributed by atoms with E-state index in [0.717, 1.165) is 10.0 Å². The maximum absolute atomic E-state index is 13.8. The molecule has 2 aromatic carbocycles. The summed E-state index contributed by atoms with van der Waals surface area (Å²) in [6.07, 6.45) is -1.41. The van der Waals surface area contributed by atoms with Crippen molar-refractivity contribution in [3.05, 3.63) is 87.0 Å². The topological polar surface area (TPSA) is 75.0 Å². The molecule has 0 amide bonds. The summed E-state index contributed by atoms with van der Waals surface area (Å²) >= 11 is 9.73. The standard InChI is InChI=1S/C27H24BrClF2N2O4/c1-36-24-22-19(11-20(29)32-24)37-27(16-7-9-17(28)10-8-16)21(15-5-3-2-4-6-15)18(23(34)26(22,27)35)12-33-13-25(30,31)14-33/h2-11,18,21,23,34-35H,12-14H2,1H3/t18-,21-,23-,26+,27+/m1/s1. The van der Waals surface area contributed by atoms with Crippen molar-refractivity contribution in [3.8, 4) is 11.6 Å². The van der Waals surface area contributed by atoms with Crippen LogP contribution in [0.5, 0.6) is 11.6 Å². The van der Waals surface area contributed by atoms with Gasteiger partial charge in [0.2, 0.25) is 5.88 Å². The number of nitrogens with zero attached hydrogens (tertiary/aromatic N) is 2. The lowest BCUT2D eigenvalue weighted by molar-refractivity contribution is -0.157. The Bertz CT molecular complexity index is 1340. The Kier molecular flexibility index (Phi) is 5.82. The minimum Gasteiger partial charge on any atom is -0.481 e. The van der Waals surface area contributed by atoms with E-state index in [4.69, 9.17) is 21.1 Å². The van der Waals surface area contributed by atoms with E-state index >= 15 is 0 Å². The van der Waals surface area contributed by atoms with Crippen molar-refractivity contribution < 1.29 is 28.5 Å². The van der Waals surface area contributed by atoms with Crippen LogP contribution in [-0.4, -0.2) is 58.9 Å². The molecule has 3 aromatic rings. The summed E-state index contributed by atoms with van der Waals surface area (Å²) in [5, 5.41) is 24.8. The van der Waals surface area contributed by atoms with Crippen LogP contribution in [0.4, 0.5) is 8.78 Å². The van der Waals surface area contributed by atoms with Crippen LogP contribution < -0.4 is 9.47 Å². The van der Waals surface area contributed by atoms with E-state index in [1.165, 1.54) is 13.2 Å². The van der Waals surface area contributed by atoms with Crippen LogP contribution in [0.15, 0.2) is 65.1 Å². The van der Waals surface area contributed by atoms with E-state index in [1.54, 1.807) is 4.90 Å². The Balaban J connectivity index is 1.61. The lowest BCUT2D eigenvalue weighted by Gasteiger charge is -2.43. The molecule has 3 aliphatic rings. The summed E-state index contributed by atoms with van der Waals surface area (Å²) in [6, 6.07) is 18.2. The molecule has 194 valence electrons. The summed E-state index contributed by atoms with van der Waals surface area (Å²) in [4.78, 5) is 5.85. The molecule has 1 saturated heterocycles. The summed E-state index contributed by atoms with van der Waals surface area (Å²) in [6.45, 7) is -0.669. The van der Waals surface area contributed by atoms with Crippen LogP contribution in [0.1, 0.15) is 22.6 Å². The van der Waals surface area contributed by atoms with Gasteiger partial charge in [-0.15, -0.1) is 0 Å². The van der Waals surface area contributed by atoms with Crippen molar-refractivity contribution in [1.82, 2.24) is 9.88 Å². The van der Waals surface area contributed by atoms with E-state index < -0.39 is 48.2 Å². The maximum atomic E-state index is 13.8. The van der Waals surface area contributed by atoms with Gasteiger partial charge in [0.1, 0.15) is 10.9 Å². The fourth-order valence-corrected chi connectivity index (χ4v) is 6.93. The summed E-state index contributed by atoms with van der Waals surface area (Å²) in [7, 11) is 1.40. The van der Waals surface area contributed by atoms with E-state index in [0.29, 0.717) is 5.56 Å². The number of halogens is 4. The van der Waals surface area contributed by atoms with Crippen molar-refractivity contribution in [3.63, 3.8) is 0 Å². The molecule has 2 N–H and O–H groups in total. The third kappa shape index (κ3) is 3.55. The molecule has 37 heavy (non-hydrogen) atoms. The molecule has 1 aliphatic carbocycles. The summed E-state index contributed by atoms with van der Waals surface area (Å²) in [5.74, 6) is -3.78. The zero-order valence-electron chi connectivity index (χ0n) is 19.7. The predicted molar refractivity (Wildman–Crippen MR) is 136 cm³/mol. The number of rotatable bonds is 5. The van der Waals surface area contributed by atoms with Gasteiger partial charge < -0.3 is 19.7 Å². The third-order valence-corrected chi connectivity index (χ3v) is 8.56. The molecule has 0 radical (unpaired) electrons. The summed E-state index contributed by atoms with van der Waals surface area (Å²) in [5.41, 5.74) is -1.97. The van der Waals surface area contributed by atoms with E-state index in [2.05, 4.69) is 20.9 Å². The van der Waals surface area contributed by atoms with E-state index in [9.17, 15) is 19.0 Å². The second-order valence-corrected chi connectivity index (χ2v) is 11.3. The van der Waals surface area contributed by atoms with Crippen LogP contribution in [0, 0.1) is 5.92 Å². The van der Waals surface area contributed by atoms with Crippen LogP contribution in [0.3, 0.4) is 0 Å². The van der Waals surface area contributed by atoms with E-state index in [-0.39, 0.29) is 28.9 Å². The predicted octanol–water partition coefficient (Wildman–Crippen LogP) is 4.71. The number of hydrogen-bond donors (Lipinski definition) is 2. The van der Waals surface area contributed by atoms with Gasteiger partial charge in [-0.2, -0.15) is 0 Å². The highest BCUT2D eigenvalue weighted by Crippen LogP contribution is 2.70. The molecule has 6 nitrogen and oxygen atoms in total. The average molecular weight is 594 g/mol. The van der Waals surface area contributed by atoms with Gasteiger partial charge in [-0.1, -0.05) is 70.0 Å². The second-order valence-electron chi connectivity index (χ2n) is 9.96. The zero-order chi connectivity index (χ0) is 26.2. The number of benzene rings is 2. The van der Waals surface area contributed by atoms with Gasteiger partial charge in [0.15, 0.2) is 11.2 Å². The highest BCUT2D eigenvalue weighted by molar-refractivity contribution is 9.10. The van der Waals surface area contributed by atoms with Gasteiger partial charge >= 0.3 is 0 Å².